The van der Waals surface area contributed by atoms with Gasteiger partial charge in [0.15, 0.2) is 11.5 Å². The van der Waals surface area contributed by atoms with Gasteiger partial charge in [-0.3, -0.25) is 9.69 Å². The molecule has 0 saturated carbocycles. The molecule has 2 aliphatic heterocycles. The van der Waals surface area contributed by atoms with E-state index in [0.29, 0.717) is 6.42 Å². The maximum absolute atomic E-state index is 13.4. The highest BCUT2D eigenvalue weighted by Gasteiger charge is 2.58. The molecule has 2 spiro atoms. The lowest BCUT2D eigenvalue weighted by Gasteiger charge is -2.45. The van der Waals surface area contributed by atoms with Crippen LogP contribution in [0.25, 0.3) is 0 Å². The first-order valence-corrected chi connectivity index (χ1v) is 10.4. The average Bonchev–Trinajstić information content (AvgIpc) is 2.82. The summed E-state index contributed by atoms with van der Waals surface area (Å²) in [4.78, 5) is 19.6. The molecule has 2 aromatic rings. The number of hydrogen-bond donors (Lipinski definition) is 1. The molecule has 0 aromatic heterocycles. The minimum atomic E-state index is -1.02. The number of ether oxygens (including phenoxy) is 1. The van der Waals surface area contributed by atoms with E-state index < -0.39 is 11.1 Å². The van der Waals surface area contributed by atoms with Crippen LogP contribution in [0.2, 0.25) is 0 Å². The van der Waals surface area contributed by atoms with E-state index >= 15 is 0 Å². The number of amides is 1. The summed E-state index contributed by atoms with van der Waals surface area (Å²) in [6, 6.07) is 14.4. The fraction of sp³-hybridized carbons (Fsp3) is 0.364. The van der Waals surface area contributed by atoms with Gasteiger partial charge in [0.2, 0.25) is 0 Å². The van der Waals surface area contributed by atoms with Crippen LogP contribution in [0.15, 0.2) is 51.9 Å². The topological polar surface area (TPSA) is 67.9 Å². The van der Waals surface area contributed by atoms with Crippen LogP contribution >= 0.6 is 15.9 Å². The second-order valence-corrected chi connectivity index (χ2v) is 9.01. The van der Waals surface area contributed by atoms with Gasteiger partial charge in [-0.2, -0.15) is 0 Å². The van der Waals surface area contributed by atoms with Gasteiger partial charge in [-0.1, -0.05) is 40.2 Å². The number of rotatable bonds is 0. The molecule has 28 heavy (non-hydrogen) atoms. The lowest BCUT2D eigenvalue weighted by Crippen LogP contribution is -2.52. The van der Waals surface area contributed by atoms with Gasteiger partial charge in [0, 0.05) is 29.9 Å². The van der Waals surface area contributed by atoms with E-state index in [-0.39, 0.29) is 11.9 Å². The van der Waals surface area contributed by atoms with Crippen molar-refractivity contribution in [3.05, 3.63) is 63.6 Å². The zero-order chi connectivity index (χ0) is 19.5. The molecule has 1 amide bonds. The summed E-state index contributed by atoms with van der Waals surface area (Å²) in [5.74, 6) is 0.917. The normalized spacial score (nSPS) is 28.6. The number of benzene rings is 2. The first-order valence-electron chi connectivity index (χ1n) is 9.62. The van der Waals surface area contributed by atoms with Gasteiger partial charge in [0.25, 0.3) is 5.91 Å². The van der Waals surface area contributed by atoms with Gasteiger partial charge in [0.1, 0.15) is 11.4 Å². The Hall–Kier alpha value is -2.34. The SMILES string of the molecule is CN1C(=O)C2(CC3(CCCc4ccccc4C3)Oc3ccc(Br)cc32)N=C1N. The molecule has 144 valence electrons. The van der Waals surface area contributed by atoms with Crippen LogP contribution in [0.4, 0.5) is 0 Å². The lowest BCUT2D eigenvalue weighted by molar-refractivity contribution is -0.134. The Kier molecular flexibility index (Phi) is 3.85. The minimum absolute atomic E-state index is 0.0791. The number of nitrogens with two attached hydrogens (primary N) is 1. The number of aryl methyl sites for hydroxylation is 1. The molecular weight excluding hydrogens is 418 g/mol. The van der Waals surface area contributed by atoms with E-state index in [1.165, 1.54) is 16.0 Å². The molecule has 6 heteroatoms. The Bertz CT molecular complexity index is 1020. The summed E-state index contributed by atoms with van der Waals surface area (Å²) in [6.07, 6.45) is 4.20. The Balaban J connectivity index is 1.68. The third-order valence-electron chi connectivity index (χ3n) is 6.31. The standard InChI is InChI=1S/C22H22BrN3O2/c1-26-19(27)22(25-20(26)24)13-21(28-18-9-8-16(23)11-17(18)22)10-4-7-14-5-2-3-6-15(14)12-21/h2-3,5-6,8-9,11H,4,7,10,12-13H2,1H3,(H2,24,25). The molecule has 2 atom stereocenters. The summed E-state index contributed by atoms with van der Waals surface area (Å²) in [6.45, 7) is 0. The average molecular weight is 440 g/mol. The van der Waals surface area contributed by atoms with E-state index in [1.54, 1.807) is 7.05 Å². The number of carbonyl (C=O) groups is 1. The molecule has 2 heterocycles. The maximum atomic E-state index is 13.4. The molecule has 3 aliphatic rings. The first-order chi connectivity index (χ1) is 13.4. The second kappa shape index (κ2) is 6.08. The summed E-state index contributed by atoms with van der Waals surface area (Å²) < 4.78 is 7.55. The van der Waals surface area contributed by atoms with Crippen molar-refractivity contribution in [3.8, 4) is 5.75 Å². The number of hydrogen-bond acceptors (Lipinski definition) is 4. The van der Waals surface area contributed by atoms with Crippen molar-refractivity contribution in [3.63, 3.8) is 0 Å². The second-order valence-electron chi connectivity index (χ2n) is 8.10. The Morgan fingerprint density at radius 1 is 1.21 bits per heavy atom. The summed E-state index contributed by atoms with van der Waals surface area (Å²) in [5.41, 5.74) is 8.07. The Morgan fingerprint density at radius 3 is 2.75 bits per heavy atom. The first kappa shape index (κ1) is 17.7. The maximum Gasteiger partial charge on any atom is 0.261 e. The highest BCUT2D eigenvalue weighted by atomic mass is 79.9. The Labute approximate surface area is 172 Å². The minimum Gasteiger partial charge on any atom is -0.486 e. The Morgan fingerprint density at radius 2 is 2.00 bits per heavy atom. The molecule has 5 rings (SSSR count). The molecule has 1 aliphatic carbocycles. The number of fused-ring (bicyclic) bond motifs is 3. The van der Waals surface area contributed by atoms with Crippen molar-refractivity contribution >= 4 is 27.8 Å². The third kappa shape index (κ3) is 2.50. The quantitative estimate of drug-likeness (QED) is 0.682. The van der Waals surface area contributed by atoms with Crippen molar-refractivity contribution in [1.82, 2.24) is 4.90 Å². The van der Waals surface area contributed by atoms with E-state index in [0.717, 1.165) is 41.5 Å². The van der Waals surface area contributed by atoms with Crippen LogP contribution in [0.3, 0.4) is 0 Å². The molecule has 2 unspecified atom stereocenters. The van der Waals surface area contributed by atoms with Crippen molar-refractivity contribution in [2.75, 3.05) is 7.05 Å². The van der Waals surface area contributed by atoms with E-state index in [9.17, 15) is 4.79 Å². The van der Waals surface area contributed by atoms with Gasteiger partial charge in [0.05, 0.1) is 0 Å². The predicted molar refractivity (Wildman–Crippen MR) is 111 cm³/mol. The van der Waals surface area contributed by atoms with Gasteiger partial charge < -0.3 is 10.5 Å². The van der Waals surface area contributed by atoms with Gasteiger partial charge >= 0.3 is 0 Å². The van der Waals surface area contributed by atoms with Crippen molar-refractivity contribution in [2.45, 2.75) is 43.2 Å². The van der Waals surface area contributed by atoms with E-state index in [2.05, 4.69) is 40.2 Å². The number of likely N-dealkylation sites (N-methyl/N-ethyl adjacent to an activating group) is 1. The number of aliphatic imine (C=N–C) groups is 1. The monoisotopic (exact) mass is 439 g/mol. The molecule has 2 N–H and O–H groups in total. The highest BCUT2D eigenvalue weighted by molar-refractivity contribution is 9.10. The van der Waals surface area contributed by atoms with Crippen LogP contribution in [-0.2, 0) is 23.2 Å². The van der Waals surface area contributed by atoms with Crippen LogP contribution in [0.5, 0.6) is 5.75 Å². The highest BCUT2D eigenvalue weighted by Crippen LogP contribution is 2.52. The van der Waals surface area contributed by atoms with Gasteiger partial charge in [-0.25, -0.2) is 4.99 Å². The van der Waals surface area contributed by atoms with Crippen molar-refractivity contribution in [1.29, 1.82) is 0 Å². The van der Waals surface area contributed by atoms with Crippen molar-refractivity contribution < 1.29 is 9.53 Å². The molecule has 2 aromatic carbocycles. The van der Waals surface area contributed by atoms with Gasteiger partial charge in [-0.05, 0) is 48.6 Å². The lowest BCUT2D eigenvalue weighted by atomic mass is 9.73. The van der Waals surface area contributed by atoms with Crippen LogP contribution in [0.1, 0.15) is 36.0 Å². The number of guanidine groups is 1. The zero-order valence-electron chi connectivity index (χ0n) is 15.7. The third-order valence-corrected chi connectivity index (χ3v) is 6.80. The smallest absolute Gasteiger partial charge is 0.261 e. The molecule has 0 saturated heterocycles. The van der Waals surface area contributed by atoms with Crippen LogP contribution < -0.4 is 10.5 Å². The van der Waals surface area contributed by atoms with Crippen LogP contribution in [-0.4, -0.2) is 29.4 Å². The molecule has 0 bridgehead atoms. The van der Waals surface area contributed by atoms with E-state index in [4.69, 9.17) is 15.5 Å². The fourth-order valence-electron chi connectivity index (χ4n) is 4.98. The summed E-state index contributed by atoms with van der Waals surface area (Å²) >= 11 is 3.53. The van der Waals surface area contributed by atoms with Gasteiger partial charge in [-0.15, -0.1) is 0 Å². The number of halogens is 1. The van der Waals surface area contributed by atoms with Crippen LogP contribution in [0, 0.1) is 0 Å². The summed E-state index contributed by atoms with van der Waals surface area (Å²) in [5, 5.41) is 0. The molecular formula is C22H22BrN3O2. The largest absolute Gasteiger partial charge is 0.486 e. The van der Waals surface area contributed by atoms with Crippen molar-refractivity contribution in [2.24, 2.45) is 10.7 Å². The molecule has 5 nitrogen and oxygen atoms in total. The molecule has 0 fully saturated rings. The summed E-state index contributed by atoms with van der Waals surface area (Å²) in [7, 11) is 1.69. The van der Waals surface area contributed by atoms with E-state index in [1.807, 2.05) is 18.2 Å². The number of carbonyl (C=O) groups excluding carboxylic acids is 1. The predicted octanol–water partition coefficient (Wildman–Crippen LogP) is 3.53. The molecule has 0 radical (unpaired) electrons. The number of nitrogens with zero attached hydrogens (tertiary/aromatic N) is 2. The zero-order valence-corrected chi connectivity index (χ0v) is 17.3. The fourth-order valence-corrected chi connectivity index (χ4v) is 5.35.